The third-order valence-electron chi connectivity index (χ3n) is 8.22. The van der Waals surface area contributed by atoms with Gasteiger partial charge in [0.1, 0.15) is 23.9 Å². The van der Waals surface area contributed by atoms with Gasteiger partial charge < -0.3 is 15.2 Å². The number of nitrogens with two attached hydrogens (primary N) is 1. The Morgan fingerprint density at radius 1 is 1.02 bits per heavy atom. The number of primary amides is 1. The molecule has 282 valence electrons. The van der Waals surface area contributed by atoms with Crippen LogP contribution in [0.1, 0.15) is 23.1 Å². The Balaban J connectivity index is 1.68. The number of alkyl halides is 2. The number of fused-ring (bicyclic) bond motifs is 2. The molecule has 6 rings (SSSR count). The number of rotatable bonds is 12. The number of amides is 1. The number of hydrogen-bond acceptors (Lipinski definition) is 8. The minimum atomic E-state index is -4.19. The zero-order chi connectivity index (χ0) is 39.1. The molecule has 0 aliphatic heterocycles. The molecule has 0 saturated carbocycles. The lowest BCUT2D eigenvalue weighted by Gasteiger charge is -2.23. The molecule has 12 nitrogen and oxygen atoms in total. The van der Waals surface area contributed by atoms with E-state index in [0.29, 0.717) is 21.9 Å². The van der Waals surface area contributed by atoms with Crippen LogP contribution in [0.2, 0.25) is 5.02 Å². The third-order valence-corrected chi connectivity index (χ3v) is 10.1. The van der Waals surface area contributed by atoms with E-state index in [2.05, 4.69) is 26.0 Å². The summed E-state index contributed by atoms with van der Waals surface area (Å²) in [6.07, 6.45) is -5.51. The lowest BCUT2D eigenvalue weighted by Crippen LogP contribution is -2.30. The number of anilines is 1. The number of carbonyl (C=O) groups is 1. The van der Waals surface area contributed by atoms with Crippen molar-refractivity contribution in [3.8, 4) is 11.4 Å². The van der Waals surface area contributed by atoms with Crippen molar-refractivity contribution in [1.82, 2.24) is 19.3 Å². The van der Waals surface area contributed by atoms with E-state index in [-0.39, 0.29) is 56.3 Å². The monoisotopic (exact) mass is 850 g/mol. The number of sulfonamides is 1. The number of aromatic nitrogens is 4. The molecule has 6 aromatic rings. The molecular weight excluding hydrogens is 824 g/mol. The number of carbonyl (C=O) groups excluding carboxylic acids is 1. The second-order valence-electron chi connectivity index (χ2n) is 12.0. The van der Waals surface area contributed by atoms with Crippen molar-refractivity contribution in [3.05, 3.63) is 121 Å². The number of ether oxygens (including phenoxy) is 2. The lowest BCUT2D eigenvalue weighted by atomic mass is 10.1. The highest BCUT2D eigenvalue weighted by atomic mass is 79.9. The maximum atomic E-state index is 14.6. The molecule has 0 radical (unpaired) electrons. The highest BCUT2D eigenvalue weighted by Gasteiger charge is 2.31. The fraction of sp³-hybridized carbons (Fsp3) is 0.200. The van der Waals surface area contributed by atoms with Gasteiger partial charge in [-0.1, -0.05) is 39.7 Å². The topological polar surface area (TPSA) is 152 Å². The van der Waals surface area contributed by atoms with Crippen molar-refractivity contribution in [2.24, 2.45) is 5.73 Å². The second-order valence-corrected chi connectivity index (χ2v) is 15.2. The smallest absolute Gasteiger partial charge is 0.405 e. The molecule has 1 amide bonds. The van der Waals surface area contributed by atoms with Crippen LogP contribution in [0.5, 0.6) is 5.75 Å². The Hall–Kier alpha value is -5.20. The van der Waals surface area contributed by atoms with Crippen molar-refractivity contribution in [3.63, 3.8) is 0 Å². The molecule has 2 heterocycles. The number of halogens is 6. The van der Waals surface area contributed by atoms with Gasteiger partial charge in [0.2, 0.25) is 10.0 Å². The number of methoxy groups -OCH3 is 1. The maximum Gasteiger partial charge on any atom is 0.405 e. The van der Waals surface area contributed by atoms with E-state index in [0.717, 1.165) is 31.9 Å². The highest BCUT2D eigenvalue weighted by molar-refractivity contribution is 9.10. The van der Waals surface area contributed by atoms with Crippen LogP contribution in [0.15, 0.2) is 82.1 Å². The van der Waals surface area contributed by atoms with E-state index in [4.69, 9.17) is 26.8 Å². The first kappa shape index (κ1) is 38.5. The van der Waals surface area contributed by atoms with Crippen LogP contribution in [-0.4, -0.2) is 53.6 Å². The predicted molar refractivity (Wildman–Crippen MR) is 197 cm³/mol. The summed E-state index contributed by atoms with van der Waals surface area (Å²) in [4.78, 5) is 31.5. The fourth-order valence-electron chi connectivity index (χ4n) is 6.00. The Kier molecular flexibility index (Phi) is 10.9. The van der Waals surface area contributed by atoms with Crippen LogP contribution in [0.25, 0.3) is 27.5 Å². The van der Waals surface area contributed by atoms with Gasteiger partial charge in [0.15, 0.2) is 17.7 Å². The summed E-state index contributed by atoms with van der Waals surface area (Å²) < 4.78 is 97.7. The normalized spacial score (nSPS) is 12.4. The summed E-state index contributed by atoms with van der Waals surface area (Å²) in [5, 5.41) is 4.12. The molecular formula is C35H28BrClF4N6O6S. The van der Waals surface area contributed by atoms with Crippen LogP contribution >= 0.6 is 27.5 Å². The van der Waals surface area contributed by atoms with E-state index in [1.807, 2.05) is 0 Å². The molecule has 0 saturated heterocycles. The first-order chi connectivity index (χ1) is 25.5. The predicted octanol–water partition coefficient (Wildman–Crippen LogP) is 7.05. The van der Waals surface area contributed by atoms with Crippen LogP contribution in [0, 0.1) is 11.6 Å². The van der Waals surface area contributed by atoms with Gasteiger partial charge in [-0.15, -0.1) is 0 Å². The van der Waals surface area contributed by atoms with Gasteiger partial charge in [0.05, 0.1) is 52.4 Å². The number of hydrogen-bond donors (Lipinski definition) is 1. The summed E-state index contributed by atoms with van der Waals surface area (Å²) in [6.45, 7) is -1.38. The number of benzene rings is 4. The second kappa shape index (κ2) is 15.3. The van der Waals surface area contributed by atoms with Crippen molar-refractivity contribution in [2.75, 3.05) is 17.7 Å². The molecule has 0 aliphatic carbocycles. The minimum Gasteiger partial charge on any atom is -0.497 e. The van der Waals surface area contributed by atoms with Gasteiger partial charge in [-0.25, -0.2) is 40.1 Å². The molecule has 4 aromatic carbocycles. The fourth-order valence-corrected chi connectivity index (χ4v) is 7.41. The van der Waals surface area contributed by atoms with Crippen LogP contribution < -0.4 is 20.3 Å². The quantitative estimate of drug-likeness (QED) is 0.129. The Morgan fingerprint density at radius 2 is 1.70 bits per heavy atom. The van der Waals surface area contributed by atoms with E-state index in [1.165, 1.54) is 31.4 Å². The van der Waals surface area contributed by atoms with Crippen LogP contribution in [0.3, 0.4) is 0 Å². The Bertz CT molecular complexity index is 2570. The van der Waals surface area contributed by atoms with Crippen molar-refractivity contribution < 1.29 is 40.2 Å². The summed E-state index contributed by atoms with van der Waals surface area (Å²) in [6, 6.07) is 16.1. The molecule has 0 unspecified atom stereocenters. The van der Waals surface area contributed by atoms with Crippen molar-refractivity contribution in [1.29, 1.82) is 0 Å². The molecule has 54 heavy (non-hydrogen) atoms. The SMILES string of the molecule is COc1ccc(CN(c2nn(CC(F)F)c3c(-n4c([C@H](Cc5cc(F)cc(F)c5)OC(N)=O)nc5cc(Br)ccc5c4=O)ccc(Cl)c23)S(C)(=O)=O)cc1. The third kappa shape index (κ3) is 8.00. The van der Waals surface area contributed by atoms with Gasteiger partial charge in [-0.3, -0.25) is 14.0 Å². The number of nitrogens with zero attached hydrogens (tertiary/aromatic N) is 5. The van der Waals surface area contributed by atoms with Gasteiger partial charge in [-0.05, 0) is 65.7 Å². The van der Waals surface area contributed by atoms with Gasteiger partial charge in [-0.2, -0.15) is 5.10 Å². The zero-order valence-corrected chi connectivity index (χ0v) is 31.3. The van der Waals surface area contributed by atoms with Crippen molar-refractivity contribution in [2.45, 2.75) is 32.0 Å². The van der Waals surface area contributed by atoms with Gasteiger partial charge in [0.25, 0.3) is 12.0 Å². The van der Waals surface area contributed by atoms with E-state index in [1.54, 1.807) is 30.3 Å². The molecule has 0 fully saturated rings. The van der Waals surface area contributed by atoms with Gasteiger partial charge in [0, 0.05) is 17.0 Å². The van der Waals surface area contributed by atoms with Gasteiger partial charge >= 0.3 is 6.09 Å². The zero-order valence-electron chi connectivity index (χ0n) is 28.1. The molecule has 2 aromatic heterocycles. The molecule has 0 bridgehead atoms. The first-order valence-corrected chi connectivity index (χ1v) is 18.8. The average molecular weight is 852 g/mol. The van der Waals surface area contributed by atoms with E-state index >= 15 is 0 Å². The average Bonchev–Trinajstić information content (AvgIpc) is 3.45. The highest BCUT2D eigenvalue weighted by Crippen LogP contribution is 2.39. The molecule has 0 spiro atoms. The molecule has 2 N–H and O–H groups in total. The Morgan fingerprint density at radius 3 is 2.31 bits per heavy atom. The Labute approximate surface area is 317 Å². The summed E-state index contributed by atoms with van der Waals surface area (Å²) in [7, 11) is -2.73. The molecule has 0 aliphatic rings. The summed E-state index contributed by atoms with van der Waals surface area (Å²) in [5.41, 5.74) is 4.83. The lowest BCUT2D eigenvalue weighted by molar-refractivity contribution is 0.0999. The largest absolute Gasteiger partial charge is 0.497 e. The molecule has 19 heteroatoms. The maximum absolute atomic E-state index is 14.6. The standard InChI is InChI=1S/C35H28BrClF4N6O6S/c1-52-23-6-3-18(4-7-23)16-46(54(2,50)51)33-30-25(37)9-10-27(31(30)45(44-33)17-29(40)41)47-32(43-26-14-20(36)5-8-24(26)34(47)48)28(53-35(42)49)13-19-11-21(38)15-22(39)12-19/h3-12,14-15,28-29H,13,16-17H2,1-2H3,(H2,42,49)/t28-/m0/s1. The van der Waals surface area contributed by atoms with Crippen molar-refractivity contribution >= 4 is 71.3 Å². The minimum absolute atomic E-state index is 0.0116. The summed E-state index contributed by atoms with van der Waals surface area (Å²) in [5.74, 6) is -2.04. The van der Waals surface area contributed by atoms with Crippen LogP contribution in [-0.2, 0) is 34.3 Å². The summed E-state index contributed by atoms with van der Waals surface area (Å²) >= 11 is 10.1. The van der Waals surface area contributed by atoms with Crippen LogP contribution in [0.4, 0.5) is 28.2 Å². The first-order valence-electron chi connectivity index (χ1n) is 15.8. The molecule has 1 atom stereocenters. The van der Waals surface area contributed by atoms with E-state index < -0.39 is 58.8 Å². The van der Waals surface area contributed by atoms with E-state index in [9.17, 15) is 35.6 Å².